The molecule has 0 aliphatic heterocycles. The van der Waals surface area contributed by atoms with Crippen LogP contribution in [0.1, 0.15) is 24.0 Å². The number of carbonyl (C=O) groups excluding carboxylic acids is 3. The summed E-state index contributed by atoms with van der Waals surface area (Å²) >= 11 is 6.12. The molecule has 22 heavy (non-hydrogen) atoms. The van der Waals surface area contributed by atoms with Crippen molar-refractivity contribution >= 4 is 23.7 Å². The minimum atomic E-state index is -0.629. The highest BCUT2D eigenvalue weighted by molar-refractivity contribution is 6.31. The maximum Gasteiger partial charge on any atom is 0.373 e. The number of nitrogens with zero attached hydrogens (tertiary/aromatic N) is 1. The number of hydrogen-bond acceptors (Lipinski definition) is 6. The summed E-state index contributed by atoms with van der Waals surface area (Å²) in [5, 5.41) is 11.2. The van der Waals surface area contributed by atoms with Crippen LogP contribution in [0.2, 0.25) is 5.02 Å². The molecule has 1 rings (SSSR count). The van der Waals surface area contributed by atoms with Crippen LogP contribution in [0.15, 0.2) is 18.2 Å². The Labute approximate surface area is 132 Å². The zero-order valence-electron chi connectivity index (χ0n) is 12.4. The second-order valence-corrected chi connectivity index (χ2v) is 4.95. The van der Waals surface area contributed by atoms with Crippen molar-refractivity contribution in [1.29, 1.82) is 0 Å². The molecule has 0 fully saturated rings. The van der Waals surface area contributed by atoms with Gasteiger partial charge in [0.2, 0.25) is 6.54 Å². The normalized spacial score (nSPS) is 12.2. The Morgan fingerprint density at radius 3 is 2.41 bits per heavy atom. The van der Waals surface area contributed by atoms with Gasteiger partial charge in [-0.3, -0.25) is 14.9 Å². The average Bonchev–Trinajstić information content (AvgIpc) is 2.44. The van der Waals surface area contributed by atoms with Gasteiger partial charge >= 0.3 is 12.1 Å². The number of nitro groups is 1. The van der Waals surface area contributed by atoms with Gasteiger partial charge in [-0.15, -0.1) is 0 Å². The number of rotatable bonds is 5. The molecule has 0 spiro atoms. The van der Waals surface area contributed by atoms with Crippen molar-refractivity contribution in [2.45, 2.75) is 19.8 Å². The summed E-state index contributed by atoms with van der Waals surface area (Å²) in [6.45, 7) is 3.12. The van der Waals surface area contributed by atoms with Crippen molar-refractivity contribution in [3.05, 3.63) is 44.5 Å². The first-order valence-corrected chi connectivity index (χ1v) is 6.61. The molecule has 2 atom stereocenters. The van der Waals surface area contributed by atoms with E-state index in [0.717, 1.165) is 5.56 Å². The Bertz CT molecular complexity index is 568. The predicted octanol–water partition coefficient (Wildman–Crippen LogP) is 2.23. The van der Waals surface area contributed by atoms with Gasteiger partial charge in [0.1, 0.15) is 0 Å². The number of benzene rings is 1. The van der Waals surface area contributed by atoms with Gasteiger partial charge in [-0.05, 0) is 24.1 Å². The smallest absolute Gasteiger partial charge is 0.373 e. The van der Waals surface area contributed by atoms with Crippen molar-refractivity contribution in [2.24, 2.45) is 5.92 Å². The first-order chi connectivity index (χ1) is 10.3. The lowest BCUT2D eigenvalue weighted by molar-refractivity contribution is -0.484. The average molecular weight is 330 g/mol. The SMILES string of the molecule is COC(=O)C(C)[C@@H](C[N+](=O)[O-])c1ccc(C)cc1Cl.O=C=O. The summed E-state index contributed by atoms with van der Waals surface area (Å²) in [5.74, 6) is -1.71. The fourth-order valence-corrected chi connectivity index (χ4v) is 2.34. The molecule has 0 heterocycles. The molecule has 120 valence electrons. The molecule has 1 unspecified atom stereocenters. The molecule has 1 aromatic carbocycles. The quantitative estimate of drug-likeness (QED) is 0.466. The molecule has 0 radical (unpaired) electrons. The molecule has 0 saturated carbocycles. The van der Waals surface area contributed by atoms with Gasteiger partial charge in [0.25, 0.3) is 0 Å². The summed E-state index contributed by atoms with van der Waals surface area (Å²) < 4.78 is 4.66. The lowest BCUT2D eigenvalue weighted by atomic mass is 9.86. The van der Waals surface area contributed by atoms with E-state index in [1.165, 1.54) is 7.11 Å². The van der Waals surface area contributed by atoms with Crippen molar-refractivity contribution in [3.8, 4) is 0 Å². The molecule has 0 aliphatic carbocycles. The van der Waals surface area contributed by atoms with Gasteiger partial charge in [-0.25, -0.2) is 0 Å². The molecule has 0 aliphatic rings. The van der Waals surface area contributed by atoms with Crippen LogP contribution in [-0.2, 0) is 19.1 Å². The Hall–Kier alpha value is -2.24. The van der Waals surface area contributed by atoms with E-state index in [1.54, 1.807) is 19.1 Å². The Morgan fingerprint density at radius 2 is 2.00 bits per heavy atom. The largest absolute Gasteiger partial charge is 0.469 e. The topological polar surface area (TPSA) is 104 Å². The van der Waals surface area contributed by atoms with Crippen molar-refractivity contribution < 1.29 is 24.0 Å². The number of halogens is 1. The zero-order valence-corrected chi connectivity index (χ0v) is 13.1. The van der Waals surface area contributed by atoms with Crippen molar-refractivity contribution in [2.75, 3.05) is 13.7 Å². The second kappa shape index (κ2) is 9.65. The van der Waals surface area contributed by atoms with E-state index in [0.29, 0.717) is 10.6 Å². The molecule has 0 aromatic heterocycles. The summed E-state index contributed by atoms with van der Waals surface area (Å²) in [5.41, 5.74) is 1.56. The molecule has 0 N–H and O–H groups in total. The fourth-order valence-electron chi connectivity index (χ4n) is 1.97. The van der Waals surface area contributed by atoms with Crippen LogP contribution in [0, 0.1) is 23.0 Å². The molecule has 7 nitrogen and oxygen atoms in total. The molecular weight excluding hydrogens is 314 g/mol. The fraction of sp³-hybridized carbons (Fsp3) is 0.429. The van der Waals surface area contributed by atoms with E-state index >= 15 is 0 Å². The van der Waals surface area contributed by atoms with Gasteiger partial charge in [0, 0.05) is 9.95 Å². The maximum absolute atomic E-state index is 11.6. The molecular formula is C14H16ClNO6. The predicted molar refractivity (Wildman–Crippen MR) is 77.0 cm³/mol. The van der Waals surface area contributed by atoms with Crippen molar-refractivity contribution in [1.82, 2.24) is 0 Å². The number of carbonyl (C=O) groups is 1. The van der Waals surface area contributed by atoms with Gasteiger partial charge in [-0.1, -0.05) is 30.7 Å². The highest BCUT2D eigenvalue weighted by atomic mass is 35.5. The Kier molecular flexibility index (Phi) is 8.67. The minimum absolute atomic E-state index is 0.250. The zero-order chi connectivity index (χ0) is 17.3. The van der Waals surface area contributed by atoms with Gasteiger partial charge in [-0.2, -0.15) is 9.59 Å². The summed E-state index contributed by atoms with van der Waals surface area (Å²) in [4.78, 5) is 38.2. The first-order valence-electron chi connectivity index (χ1n) is 6.23. The third-order valence-corrected chi connectivity index (χ3v) is 3.41. The summed E-state index contributed by atoms with van der Waals surface area (Å²) in [7, 11) is 1.26. The number of aryl methyl sites for hydroxylation is 1. The van der Waals surface area contributed by atoms with E-state index in [4.69, 9.17) is 21.2 Å². The van der Waals surface area contributed by atoms with E-state index in [2.05, 4.69) is 4.74 Å². The van der Waals surface area contributed by atoms with Crippen LogP contribution in [0.25, 0.3) is 0 Å². The number of esters is 1. The van der Waals surface area contributed by atoms with E-state index in [9.17, 15) is 14.9 Å². The summed E-state index contributed by atoms with van der Waals surface area (Å²) in [6, 6.07) is 5.28. The molecule has 0 amide bonds. The molecule has 1 aromatic rings. The Balaban J connectivity index is 0.00000135. The van der Waals surface area contributed by atoms with Crippen LogP contribution in [0.4, 0.5) is 0 Å². The van der Waals surface area contributed by atoms with Gasteiger partial charge < -0.3 is 4.74 Å². The maximum atomic E-state index is 11.6. The number of hydrogen-bond donors (Lipinski definition) is 0. The minimum Gasteiger partial charge on any atom is -0.469 e. The molecule has 0 bridgehead atoms. The van der Waals surface area contributed by atoms with Crippen LogP contribution in [0.3, 0.4) is 0 Å². The number of methoxy groups -OCH3 is 1. The van der Waals surface area contributed by atoms with Crippen LogP contribution in [0.5, 0.6) is 0 Å². The van der Waals surface area contributed by atoms with E-state index in [-0.39, 0.29) is 12.7 Å². The second-order valence-electron chi connectivity index (χ2n) is 4.54. The van der Waals surface area contributed by atoms with Crippen LogP contribution >= 0.6 is 11.6 Å². The van der Waals surface area contributed by atoms with Gasteiger partial charge in [0.05, 0.1) is 18.9 Å². The monoisotopic (exact) mass is 329 g/mol. The van der Waals surface area contributed by atoms with Crippen LogP contribution < -0.4 is 0 Å². The third kappa shape index (κ3) is 6.03. The van der Waals surface area contributed by atoms with Crippen molar-refractivity contribution in [3.63, 3.8) is 0 Å². The lowest BCUT2D eigenvalue weighted by Gasteiger charge is -2.20. The van der Waals surface area contributed by atoms with E-state index in [1.807, 2.05) is 13.0 Å². The standard InChI is InChI=1S/C13H16ClNO4.CO2/c1-8-4-5-10(12(14)6-8)11(7-15(17)18)9(2)13(16)19-3;2-1-3/h4-6,9,11H,7H2,1-3H3;/t9?,11-;/m1./s1. The highest BCUT2D eigenvalue weighted by Crippen LogP contribution is 2.32. The highest BCUT2D eigenvalue weighted by Gasteiger charge is 2.31. The Morgan fingerprint density at radius 1 is 1.45 bits per heavy atom. The number of ether oxygens (including phenoxy) is 1. The molecule has 0 saturated heterocycles. The van der Waals surface area contributed by atoms with Gasteiger partial charge in [0.15, 0.2) is 0 Å². The first kappa shape index (κ1) is 19.8. The van der Waals surface area contributed by atoms with E-state index < -0.39 is 22.7 Å². The molecule has 8 heteroatoms. The van der Waals surface area contributed by atoms with Crippen LogP contribution in [-0.4, -0.2) is 30.7 Å². The summed E-state index contributed by atoms with van der Waals surface area (Å²) in [6.07, 6.45) is 0.250. The third-order valence-electron chi connectivity index (χ3n) is 3.08. The lowest BCUT2D eigenvalue weighted by Crippen LogP contribution is -2.26.